The summed E-state index contributed by atoms with van der Waals surface area (Å²) in [6.45, 7) is 0. The highest BCUT2D eigenvalue weighted by molar-refractivity contribution is 6.02. The van der Waals surface area contributed by atoms with Crippen LogP contribution in [0.3, 0.4) is 0 Å². The SMILES string of the molecule is COc1ccc(C2=CC(c3ccc(N(C)C)cc3O)=C2)cc1OC. The van der Waals surface area contributed by atoms with Crippen LogP contribution in [0.15, 0.2) is 48.6 Å². The van der Waals surface area contributed by atoms with Crippen LogP contribution in [-0.4, -0.2) is 33.4 Å². The summed E-state index contributed by atoms with van der Waals surface area (Å²) < 4.78 is 10.6. The van der Waals surface area contributed by atoms with E-state index in [1.165, 1.54) is 0 Å². The Labute approximate surface area is 142 Å². The molecule has 4 heteroatoms. The largest absolute Gasteiger partial charge is 0.507 e. The van der Waals surface area contributed by atoms with Gasteiger partial charge in [-0.05, 0) is 53.1 Å². The van der Waals surface area contributed by atoms with Gasteiger partial charge >= 0.3 is 0 Å². The molecule has 2 aromatic rings. The number of allylic oxidation sites excluding steroid dienone is 4. The van der Waals surface area contributed by atoms with Gasteiger partial charge in [0, 0.05) is 31.4 Å². The first-order chi connectivity index (χ1) is 11.5. The molecule has 0 aliphatic heterocycles. The van der Waals surface area contributed by atoms with Crippen molar-refractivity contribution in [3.05, 3.63) is 59.7 Å². The Morgan fingerprint density at radius 2 is 1.54 bits per heavy atom. The van der Waals surface area contributed by atoms with Crippen LogP contribution in [0.5, 0.6) is 17.2 Å². The summed E-state index contributed by atoms with van der Waals surface area (Å²) in [5, 5.41) is 10.2. The van der Waals surface area contributed by atoms with Crippen molar-refractivity contribution in [1.29, 1.82) is 0 Å². The Morgan fingerprint density at radius 1 is 0.833 bits per heavy atom. The smallest absolute Gasteiger partial charge is 0.161 e. The Bertz CT molecular complexity index is 835. The number of hydrogen-bond donors (Lipinski definition) is 1. The molecule has 1 aliphatic carbocycles. The van der Waals surface area contributed by atoms with E-state index in [1.807, 2.05) is 49.3 Å². The standard InChI is InChI=1S/C20H21NO3/c1-21(2)16-6-7-17(18(22)12-16)15-9-14(10-15)13-5-8-19(23-3)20(11-13)24-4/h5-12,22H,1-4H3. The van der Waals surface area contributed by atoms with Crippen LogP contribution < -0.4 is 14.4 Å². The third kappa shape index (κ3) is 2.83. The van der Waals surface area contributed by atoms with E-state index in [2.05, 4.69) is 12.2 Å². The van der Waals surface area contributed by atoms with Crippen molar-refractivity contribution in [3.8, 4) is 17.2 Å². The van der Waals surface area contributed by atoms with Crippen molar-refractivity contribution in [2.45, 2.75) is 0 Å². The molecule has 1 aliphatic rings. The minimum atomic E-state index is 0.287. The van der Waals surface area contributed by atoms with Crippen LogP contribution in [0.25, 0.3) is 11.1 Å². The topological polar surface area (TPSA) is 41.9 Å². The van der Waals surface area contributed by atoms with Crippen LogP contribution in [0.1, 0.15) is 11.1 Å². The van der Waals surface area contributed by atoms with Gasteiger partial charge in [-0.25, -0.2) is 0 Å². The molecule has 0 radical (unpaired) electrons. The zero-order valence-corrected chi connectivity index (χ0v) is 14.3. The summed E-state index contributed by atoms with van der Waals surface area (Å²) >= 11 is 0. The van der Waals surface area contributed by atoms with E-state index in [0.29, 0.717) is 11.5 Å². The van der Waals surface area contributed by atoms with Crippen molar-refractivity contribution in [2.75, 3.05) is 33.2 Å². The number of hydrogen-bond acceptors (Lipinski definition) is 4. The Balaban J connectivity index is 1.83. The lowest BCUT2D eigenvalue weighted by atomic mass is 9.88. The van der Waals surface area contributed by atoms with Gasteiger partial charge in [0.1, 0.15) is 5.75 Å². The highest BCUT2D eigenvalue weighted by atomic mass is 16.5. The van der Waals surface area contributed by atoms with Gasteiger partial charge in [-0.1, -0.05) is 6.07 Å². The summed E-state index contributed by atoms with van der Waals surface area (Å²) in [7, 11) is 7.15. The fraction of sp³-hybridized carbons (Fsp3) is 0.200. The molecule has 0 fully saturated rings. The van der Waals surface area contributed by atoms with Crippen molar-refractivity contribution < 1.29 is 14.6 Å². The first-order valence-electron chi connectivity index (χ1n) is 7.70. The molecular weight excluding hydrogens is 302 g/mol. The van der Waals surface area contributed by atoms with E-state index < -0.39 is 0 Å². The maximum Gasteiger partial charge on any atom is 0.161 e. The molecule has 0 aromatic heterocycles. The van der Waals surface area contributed by atoms with Crippen LogP contribution >= 0.6 is 0 Å². The molecule has 0 atom stereocenters. The van der Waals surface area contributed by atoms with E-state index in [0.717, 1.165) is 28.0 Å². The molecule has 1 N–H and O–H groups in total. The lowest BCUT2D eigenvalue weighted by Gasteiger charge is -2.19. The van der Waals surface area contributed by atoms with E-state index in [1.54, 1.807) is 20.3 Å². The molecule has 2 aromatic carbocycles. The summed E-state index contributed by atoms with van der Waals surface area (Å²) in [4.78, 5) is 1.96. The van der Waals surface area contributed by atoms with Crippen LogP contribution in [-0.2, 0) is 0 Å². The third-order valence-electron chi connectivity index (χ3n) is 4.15. The Hall–Kier alpha value is -2.88. The highest BCUT2D eigenvalue weighted by Gasteiger charge is 2.17. The second kappa shape index (κ2) is 6.32. The number of rotatable bonds is 5. The molecule has 124 valence electrons. The molecule has 0 bridgehead atoms. The fourth-order valence-corrected chi connectivity index (χ4v) is 2.70. The summed E-state index contributed by atoms with van der Waals surface area (Å²) in [5.41, 5.74) is 4.98. The zero-order valence-electron chi connectivity index (χ0n) is 14.3. The van der Waals surface area contributed by atoms with Crippen molar-refractivity contribution >= 4 is 16.8 Å². The zero-order chi connectivity index (χ0) is 17.3. The van der Waals surface area contributed by atoms with Gasteiger partial charge in [0.05, 0.1) is 14.2 Å². The summed E-state index contributed by atoms with van der Waals surface area (Å²) in [6.07, 6.45) is 4.12. The molecule has 3 rings (SSSR count). The molecule has 0 amide bonds. The van der Waals surface area contributed by atoms with Crippen molar-refractivity contribution in [2.24, 2.45) is 0 Å². The van der Waals surface area contributed by atoms with E-state index >= 15 is 0 Å². The average molecular weight is 323 g/mol. The normalized spacial score (nSPS) is 12.8. The van der Waals surface area contributed by atoms with E-state index in [9.17, 15) is 5.11 Å². The number of benzene rings is 2. The van der Waals surface area contributed by atoms with Gasteiger partial charge in [0.15, 0.2) is 11.5 Å². The summed E-state index contributed by atoms with van der Waals surface area (Å²) in [5.74, 6) is 1.70. The summed E-state index contributed by atoms with van der Waals surface area (Å²) in [6, 6.07) is 11.6. The number of anilines is 1. The average Bonchev–Trinajstić information content (AvgIpc) is 2.54. The van der Waals surface area contributed by atoms with Gasteiger partial charge in [-0.3, -0.25) is 0 Å². The predicted molar refractivity (Wildman–Crippen MR) is 97.9 cm³/mol. The van der Waals surface area contributed by atoms with Crippen LogP contribution in [0, 0.1) is 0 Å². The van der Waals surface area contributed by atoms with Crippen LogP contribution in [0.4, 0.5) is 5.69 Å². The molecule has 0 saturated carbocycles. The number of ether oxygens (including phenoxy) is 2. The molecule has 0 spiro atoms. The minimum Gasteiger partial charge on any atom is -0.507 e. The van der Waals surface area contributed by atoms with E-state index in [-0.39, 0.29) is 5.75 Å². The maximum absolute atomic E-state index is 10.2. The van der Waals surface area contributed by atoms with E-state index in [4.69, 9.17) is 9.47 Å². The van der Waals surface area contributed by atoms with Gasteiger partial charge in [-0.15, -0.1) is 0 Å². The molecular formula is C20H21NO3. The molecule has 0 saturated heterocycles. The van der Waals surface area contributed by atoms with Gasteiger partial charge in [0.2, 0.25) is 0 Å². The van der Waals surface area contributed by atoms with Crippen molar-refractivity contribution in [1.82, 2.24) is 0 Å². The number of aromatic hydroxyl groups is 1. The molecule has 0 unspecified atom stereocenters. The molecule has 0 heterocycles. The highest BCUT2D eigenvalue weighted by Crippen LogP contribution is 2.40. The first kappa shape index (κ1) is 16.0. The monoisotopic (exact) mass is 323 g/mol. The number of phenolic OH excluding ortho intramolecular Hbond substituents is 1. The van der Waals surface area contributed by atoms with Crippen molar-refractivity contribution in [3.63, 3.8) is 0 Å². The lowest BCUT2D eigenvalue weighted by molar-refractivity contribution is 0.355. The number of phenols is 1. The number of methoxy groups -OCH3 is 2. The minimum absolute atomic E-state index is 0.287. The Kier molecular flexibility index (Phi) is 4.21. The molecule has 24 heavy (non-hydrogen) atoms. The van der Waals surface area contributed by atoms with Gasteiger partial charge < -0.3 is 19.5 Å². The number of nitrogens with zero attached hydrogens (tertiary/aromatic N) is 1. The predicted octanol–water partition coefficient (Wildman–Crippen LogP) is 3.96. The second-order valence-electron chi connectivity index (χ2n) is 5.87. The maximum atomic E-state index is 10.2. The Morgan fingerprint density at radius 3 is 2.12 bits per heavy atom. The lowest BCUT2D eigenvalue weighted by Crippen LogP contribution is -2.08. The third-order valence-corrected chi connectivity index (χ3v) is 4.15. The van der Waals surface area contributed by atoms with Crippen LogP contribution in [0.2, 0.25) is 0 Å². The first-order valence-corrected chi connectivity index (χ1v) is 7.70. The molecule has 4 nitrogen and oxygen atoms in total. The second-order valence-corrected chi connectivity index (χ2v) is 5.87. The fourth-order valence-electron chi connectivity index (χ4n) is 2.70. The van der Waals surface area contributed by atoms with Gasteiger partial charge in [0.25, 0.3) is 0 Å². The quantitative estimate of drug-likeness (QED) is 0.904. The van der Waals surface area contributed by atoms with Gasteiger partial charge in [-0.2, -0.15) is 0 Å².